The normalized spacial score (nSPS) is 9.64. The fraction of sp³-hybridized carbons (Fsp3) is 0.429. The number of halogens is 1. The summed E-state index contributed by atoms with van der Waals surface area (Å²) in [6.07, 6.45) is 2.70. The van der Waals surface area contributed by atoms with E-state index in [-0.39, 0.29) is 5.28 Å². The van der Waals surface area contributed by atoms with Crippen molar-refractivity contribution in [3.63, 3.8) is 0 Å². The summed E-state index contributed by atoms with van der Waals surface area (Å²) in [6, 6.07) is 1.79. The lowest BCUT2D eigenvalue weighted by molar-refractivity contribution is 0.965. The molecule has 0 aliphatic rings. The number of nitrogens with zero attached hydrogens (tertiary/aromatic N) is 2. The largest absolute Gasteiger partial charge is 0.370 e. The Morgan fingerprint density at radius 3 is 3.09 bits per heavy atom. The van der Waals surface area contributed by atoms with Gasteiger partial charge in [0.15, 0.2) is 0 Å². The molecule has 11 heavy (non-hydrogen) atoms. The Hall–Kier alpha value is -0.830. The van der Waals surface area contributed by atoms with Crippen LogP contribution in [0.2, 0.25) is 5.28 Å². The van der Waals surface area contributed by atoms with Crippen molar-refractivity contribution in [2.75, 3.05) is 11.9 Å². The third-order valence-electron chi connectivity index (χ3n) is 1.18. The van der Waals surface area contributed by atoms with Gasteiger partial charge in [0.25, 0.3) is 0 Å². The topological polar surface area (TPSA) is 37.8 Å². The molecule has 0 aromatic carbocycles. The number of hydrogen-bond donors (Lipinski definition) is 1. The molecule has 60 valence electrons. The van der Waals surface area contributed by atoms with Crippen LogP contribution in [-0.2, 0) is 0 Å². The highest BCUT2D eigenvalue weighted by molar-refractivity contribution is 6.28. The zero-order valence-electron chi connectivity index (χ0n) is 6.34. The van der Waals surface area contributed by atoms with Gasteiger partial charge in [-0.2, -0.15) is 0 Å². The van der Waals surface area contributed by atoms with Gasteiger partial charge in [-0.3, -0.25) is 0 Å². The molecule has 4 heteroatoms. The Morgan fingerprint density at radius 1 is 1.64 bits per heavy atom. The maximum absolute atomic E-state index is 5.56. The highest BCUT2D eigenvalue weighted by atomic mass is 35.5. The van der Waals surface area contributed by atoms with Crippen molar-refractivity contribution in [3.8, 4) is 0 Å². The van der Waals surface area contributed by atoms with E-state index in [1.165, 1.54) is 0 Å². The summed E-state index contributed by atoms with van der Waals surface area (Å²) in [4.78, 5) is 7.72. The molecule has 0 atom stereocenters. The van der Waals surface area contributed by atoms with Gasteiger partial charge in [0.1, 0.15) is 5.82 Å². The maximum atomic E-state index is 5.56. The van der Waals surface area contributed by atoms with Gasteiger partial charge in [0.2, 0.25) is 5.28 Å². The number of rotatable bonds is 3. The van der Waals surface area contributed by atoms with Gasteiger partial charge in [-0.25, -0.2) is 9.97 Å². The van der Waals surface area contributed by atoms with Gasteiger partial charge in [-0.15, -0.1) is 0 Å². The molecule has 0 amide bonds. The molecule has 0 spiro atoms. The zero-order chi connectivity index (χ0) is 8.10. The van der Waals surface area contributed by atoms with E-state index in [4.69, 9.17) is 11.6 Å². The average molecular weight is 172 g/mol. The van der Waals surface area contributed by atoms with Crippen molar-refractivity contribution >= 4 is 17.4 Å². The first kappa shape index (κ1) is 8.27. The second kappa shape index (κ2) is 4.13. The van der Waals surface area contributed by atoms with Gasteiger partial charge in [0, 0.05) is 12.7 Å². The van der Waals surface area contributed by atoms with Crippen LogP contribution in [0.4, 0.5) is 5.82 Å². The van der Waals surface area contributed by atoms with Crippen molar-refractivity contribution in [1.82, 2.24) is 9.97 Å². The molecule has 1 aromatic heterocycles. The molecule has 3 nitrogen and oxygen atoms in total. The van der Waals surface area contributed by atoms with Crippen LogP contribution in [-0.4, -0.2) is 16.5 Å². The SMILES string of the molecule is CCCNc1ccnc(Cl)n1. The van der Waals surface area contributed by atoms with Gasteiger partial charge in [-0.1, -0.05) is 6.92 Å². The molecule has 0 aliphatic heterocycles. The monoisotopic (exact) mass is 171 g/mol. The minimum Gasteiger partial charge on any atom is -0.370 e. The summed E-state index contributed by atoms with van der Waals surface area (Å²) < 4.78 is 0. The quantitative estimate of drug-likeness (QED) is 0.707. The molecular formula is C7H10ClN3. The van der Waals surface area contributed by atoms with Crippen molar-refractivity contribution in [2.45, 2.75) is 13.3 Å². The van der Waals surface area contributed by atoms with Crippen molar-refractivity contribution in [2.24, 2.45) is 0 Å². The van der Waals surface area contributed by atoms with E-state index in [0.29, 0.717) is 0 Å². The molecule has 1 aromatic rings. The summed E-state index contributed by atoms with van der Waals surface area (Å²) in [5.74, 6) is 0.784. The third-order valence-corrected chi connectivity index (χ3v) is 1.36. The maximum Gasteiger partial charge on any atom is 0.224 e. The Kier molecular flexibility index (Phi) is 3.11. The standard InChI is InChI=1S/C7H10ClN3/c1-2-4-9-6-3-5-10-7(8)11-6/h3,5H,2,4H2,1H3,(H,9,10,11). The molecule has 0 fully saturated rings. The van der Waals surface area contributed by atoms with Crippen LogP contribution in [0, 0.1) is 0 Å². The van der Waals surface area contributed by atoms with Crippen molar-refractivity contribution in [1.29, 1.82) is 0 Å². The molecule has 0 saturated carbocycles. The molecule has 0 saturated heterocycles. The van der Waals surface area contributed by atoms with Gasteiger partial charge in [0.05, 0.1) is 0 Å². The predicted molar refractivity (Wildman–Crippen MR) is 45.8 cm³/mol. The summed E-state index contributed by atoms with van der Waals surface area (Å²) in [5, 5.41) is 3.38. The van der Waals surface area contributed by atoms with Crippen LogP contribution in [0.1, 0.15) is 13.3 Å². The third kappa shape index (κ3) is 2.72. The number of nitrogens with one attached hydrogen (secondary N) is 1. The molecule has 0 radical (unpaired) electrons. The lowest BCUT2D eigenvalue weighted by Gasteiger charge is -2.01. The van der Waals surface area contributed by atoms with Crippen LogP contribution in [0.25, 0.3) is 0 Å². The Labute approximate surface area is 70.8 Å². The van der Waals surface area contributed by atoms with Gasteiger partial charge < -0.3 is 5.32 Å². The van der Waals surface area contributed by atoms with Crippen LogP contribution in [0.5, 0.6) is 0 Å². The second-order valence-electron chi connectivity index (χ2n) is 2.14. The van der Waals surface area contributed by atoms with E-state index >= 15 is 0 Å². The fourth-order valence-electron chi connectivity index (χ4n) is 0.686. The fourth-order valence-corrected chi connectivity index (χ4v) is 0.834. The van der Waals surface area contributed by atoms with E-state index in [1.54, 1.807) is 12.3 Å². The summed E-state index contributed by atoms with van der Waals surface area (Å²) in [5.41, 5.74) is 0. The minimum absolute atomic E-state index is 0.283. The first-order chi connectivity index (χ1) is 5.33. The molecule has 0 unspecified atom stereocenters. The van der Waals surface area contributed by atoms with Crippen molar-refractivity contribution in [3.05, 3.63) is 17.5 Å². The molecule has 1 heterocycles. The average Bonchev–Trinajstić information content (AvgIpc) is 2.01. The Balaban J connectivity index is 2.56. The first-order valence-electron chi connectivity index (χ1n) is 3.55. The highest BCUT2D eigenvalue weighted by Gasteiger charge is 1.92. The van der Waals surface area contributed by atoms with E-state index in [1.807, 2.05) is 0 Å². The molecule has 1 N–H and O–H groups in total. The molecule has 1 rings (SSSR count). The number of hydrogen-bond acceptors (Lipinski definition) is 3. The lowest BCUT2D eigenvalue weighted by Crippen LogP contribution is -2.01. The molecular weight excluding hydrogens is 162 g/mol. The van der Waals surface area contributed by atoms with Gasteiger partial charge >= 0.3 is 0 Å². The van der Waals surface area contributed by atoms with Crippen molar-refractivity contribution < 1.29 is 0 Å². The van der Waals surface area contributed by atoms with Crippen LogP contribution >= 0.6 is 11.6 Å². The zero-order valence-corrected chi connectivity index (χ0v) is 7.10. The lowest BCUT2D eigenvalue weighted by atomic mass is 10.5. The number of anilines is 1. The van der Waals surface area contributed by atoms with E-state index in [9.17, 15) is 0 Å². The highest BCUT2D eigenvalue weighted by Crippen LogP contribution is 2.04. The summed E-state index contributed by atoms with van der Waals surface area (Å²) in [6.45, 7) is 3.00. The van der Waals surface area contributed by atoms with Crippen LogP contribution < -0.4 is 5.32 Å². The first-order valence-corrected chi connectivity index (χ1v) is 3.93. The second-order valence-corrected chi connectivity index (χ2v) is 2.48. The van der Waals surface area contributed by atoms with E-state index < -0.39 is 0 Å². The van der Waals surface area contributed by atoms with Crippen LogP contribution in [0.15, 0.2) is 12.3 Å². The number of aromatic nitrogens is 2. The van der Waals surface area contributed by atoms with Crippen LogP contribution in [0.3, 0.4) is 0 Å². The summed E-state index contributed by atoms with van der Waals surface area (Å²) >= 11 is 5.56. The summed E-state index contributed by atoms with van der Waals surface area (Å²) in [7, 11) is 0. The smallest absolute Gasteiger partial charge is 0.224 e. The predicted octanol–water partition coefficient (Wildman–Crippen LogP) is 1.95. The minimum atomic E-state index is 0.283. The Bertz CT molecular complexity index is 227. The molecule has 0 bridgehead atoms. The van der Waals surface area contributed by atoms with Gasteiger partial charge in [-0.05, 0) is 24.1 Å². The Morgan fingerprint density at radius 2 is 2.45 bits per heavy atom. The van der Waals surface area contributed by atoms with E-state index in [2.05, 4.69) is 22.2 Å². The molecule has 0 aliphatic carbocycles. The van der Waals surface area contributed by atoms with E-state index in [0.717, 1.165) is 18.8 Å².